The van der Waals surface area contributed by atoms with Gasteiger partial charge in [-0.05, 0) is 68.9 Å². The van der Waals surface area contributed by atoms with Crippen molar-refractivity contribution in [1.29, 1.82) is 0 Å². The molecule has 0 saturated heterocycles. The number of amides is 1. The van der Waals surface area contributed by atoms with E-state index in [9.17, 15) is 4.79 Å². The van der Waals surface area contributed by atoms with E-state index in [0.717, 1.165) is 53.3 Å². The number of hydrogen-bond acceptors (Lipinski definition) is 6. The number of guanidine groups is 1. The Labute approximate surface area is 235 Å². The van der Waals surface area contributed by atoms with Gasteiger partial charge in [0.15, 0.2) is 5.82 Å². The molecule has 0 radical (unpaired) electrons. The fourth-order valence-electron chi connectivity index (χ4n) is 5.72. The maximum absolute atomic E-state index is 13.7. The molecule has 0 spiro atoms. The Morgan fingerprint density at radius 1 is 1.07 bits per heavy atom. The molecule has 1 fully saturated rings. The lowest BCUT2D eigenvalue weighted by Crippen LogP contribution is -2.51. The van der Waals surface area contributed by atoms with Gasteiger partial charge in [0.25, 0.3) is 5.91 Å². The Morgan fingerprint density at radius 2 is 1.85 bits per heavy atom. The molecule has 1 N–H and O–H groups in total. The molecule has 1 amide bonds. The largest absolute Gasteiger partial charge is 0.340 e. The van der Waals surface area contributed by atoms with Gasteiger partial charge in [-0.15, -0.1) is 0 Å². The topological polar surface area (TPSA) is 78.1 Å². The van der Waals surface area contributed by atoms with Crippen molar-refractivity contribution < 1.29 is 4.79 Å². The minimum atomic E-state index is -0.0861. The molecular formula is C32H35N7O. The van der Waals surface area contributed by atoms with Gasteiger partial charge in [0.1, 0.15) is 11.4 Å². The SMILES string of the molecule is CC=C(C)C=N/C(=C\C)c1ccc(Cn2nc3c(c2Nc2ccccc2)C(=O)N(C)C2=NC4CCCC4N23)cc1. The highest BCUT2D eigenvalue weighted by atomic mass is 16.2. The minimum Gasteiger partial charge on any atom is -0.340 e. The number of carbonyl (C=O) groups is 1. The van der Waals surface area contributed by atoms with Crippen LogP contribution in [0.1, 0.15) is 61.5 Å². The predicted octanol–water partition coefficient (Wildman–Crippen LogP) is 6.26. The highest BCUT2D eigenvalue weighted by molar-refractivity contribution is 6.21. The maximum Gasteiger partial charge on any atom is 0.267 e. The molecule has 8 heteroatoms. The maximum atomic E-state index is 13.7. The summed E-state index contributed by atoms with van der Waals surface area (Å²) in [7, 11) is 1.82. The van der Waals surface area contributed by atoms with Gasteiger partial charge < -0.3 is 5.32 Å². The van der Waals surface area contributed by atoms with E-state index in [2.05, 4.69) is 39.5 Å². The number of para-hydroxylation sites is 1. The summed E-state index contributed by atoms with van der Waals surface area (Å²) < 4.78 is 1.92. The minimum absolute atomic E-state index is 0.0861. The van der Waals surface area contributed by atoms with E-state index in [0.29, 0.717) is 23.7 Å². The van der Waals surface area contributed by atoms with Crippen LogP contribution in [0.4, 0.5) is 17.3 Å². The quantitative estimate of drug-likeness (QED) is 0.364. The standard InChI is InChI=1S/C32H35N7O/c1-5-21(3)19-33-25(6-2)23-17-15-22(16-18-23)20-38-29(34-24-11-8-7-9-12-24)28-30(36-38)39-27-14-10-13-26(27)35-32(39)37(4)31(28)40/h5-9,11-12,15-19,26-27,34H,10,13-14,20H2,1-4H3/b21-5?,25-6-,33-19?. The molecular weight excluding hydrogens is 498 g/mol. The van der Waals surface area contributed by atoms with Crippen molar-refractivity contribution >= 4 is 41.1 Å². The molecule has 2 atom stereocenters. The molecule has 3 aromatic rings. The number of aromatic nitrogens is 2. The van der Waals surface area contributed by atoms with Gasteiger partial charge in [-0.3, -0.25) is 19.6 Å². The number of nitrogens with one attached hydrogen (secondary N) is 1. The summed E-state index contributed by atoms with van der Waals surface area (Å²) in [6, 6.07) is 18.8. The van der Waals surface area contributed by atoms with E-state index in [-0.39, 0.29) is 18.0 Å². The van der Waals surface area contributed by atoms with Crippen molar-refractivity contribution in [2.24, 2.45) is 9.98 Å². The van der Waals surface area contributed by atoms with Crippen LogP contribution >= 0.6 is 0 Å². The Balaban J connectivity index is 1.37. The summed E-state index contributed by atoms with van der Waals surface area (Å²) in [5.41, 5.74) is 5.68. The smallest absolute Gasteiger partial charge is 0.267 e. The lowest BCUT2D eigenvalue weighted by molar-refractivity contribution is 0.0866. The number of benzene rings is 2. The molecule has 0 bridgehead atoms. The van der Waals surface area contributed by atoms with Crippen LogP contribution in [-0.4, -0.2) is 51.9 Å². The van der Waals surface area contributed by atoms with Crippen LogP contribution in [0, 0.1) is 0 Å². The molecule has 1 aliphatic carbocycles. The van der Waals surface area contributed by atoms with Gasteiger partial charge in [-0.25, -0.2) is 9.67 Å². The number of hydrogen-bond donors (Lipinski definition) is 1. The van der Waals surface area contributed by atoms with Crippen molar-refractivity contribution in [3.8, 4) is 0 Å². The molecule has 1 saturated carbocycles. The van der Waals surface area contributed by atoms with Crippen molar-refractivity contribution in [3.63, 3.8) is 0 Å². The van der Waals surface area contributed by atoms with Gasteiger partial charge >= 0.3 is 0 Å². The fraction of sp³-hybridized carbons (Fsp3) is 0.312. The number of rotatable bonds is 7. The summed E-state index contributed by atoms with van der Waals surface area (Å²) in [4.78, 5) is 27.2. The van der Waals surface area contributed by atoms with Crippen molar-refractivity contribution in [2.75, 3.05) is 17.3 Å². The first-order valence-corrected chi connectivity index (χ1v) is 14.0. The summed E-state index contributed by atoms with van der Waals surface area (Å²) in [5.74, 6) is 2.04. The molecule has 8 nitrogen and oxygen atoms in total. The van der Waals surface area contributed by atoms with Crippen LogP contribution in [-0.2, 0) is 6.54 Å². The van der Waals surface area contributed by atoms with Crippen LogP contribution in [0.5, 0.6) is 0 Å². The van der Waals surface area contributed by atoms with Crippen molar-refractivity contribution in [2.45, 2.75) is 58.7 Å². The predicted molar refractivity (Wildman–Crippen MR) is 163 cm³/mol. The second kappa shape index (κ2) is 10.6. The fourth-order valence-corrected chi connectivity index (χ4v) is 5.72. The molecule has 6 rings (SSSR count). The van der Waals surface area contributed by atoms with E-state index in [1.165, 1.54) is 0 Å². The number of fused-ring (bicyclic) bond motifs is 5. The molecule has 204 valence electrons. The highest BCUT2D eigenvalue weighted by Gasteiger charge is 2.49. The molecule has 3 aliphatic rings. The zero-order chi connectivity index (χ0) is 27.8. The number of carbonyl (C=O) groups excluding carboxylic acids is 1. The third-order valence-electron chi connectivity index (χ3n) is 8.01. The van der Waals surface area contributed by atoms with Crippen LogP contribution < -0.4 is 10.2 Å². The molecule has 3 heterocycles. The van der Waals surface area contributed by atoms with Crippen LogP contribution in [0.2, 0.25) is 0 Å². The molecule has 40 heavy (non-hydrogen) atoms. The van der Waals surface area contributed by atoms with Gasteiger partial charge in [-0.1, -0.05) is 54.6 Å². The lowest BCUT2D eigenvalue weighted by atomic mass is 10.1. The monoisotopic (exact) mass is 533 g/mol. The first-order valence-electron chi connectivity index (χ1n) is 14.0. The van der Waals surface area contributed by atoms with E-state index in [1.807, 2.05) is 81.2 Å². The average Bonchev–Trinajstić information content (AvgIpc) is 3.67. The van der Waals surface area contributed by atoms with Gasteiger partial charge in [-0.2, -0.15) is 5.10 Å². The van der Waals surface area contributed by atoms with E-state index >= 15 is 0 Å². The average molecular weight is 534 g/mol. The van der Waals surface area contributed by atoms with Gasteiger partial charge in [0.05, 0.1) is 24.3 Å². The zero-order valence-electron chi connectivity index (χ0n) is 23.5. The van der Waals surface area contributed by atoms with Gasteiger partial charge in [0, 0.05) is 18.9 Å². The molecule has 2 aromatic carbocycles. The van der Waals surface area contributed by atoms with E-state index in [4.69, 9.17) is 10.1 Å². The summed E-state index contributed by atoms with van der Waals surface area (Å²) in [6.45, 7) is 6.56. The Hall–Kier alpha value is -4.46. The van der Waals surface area contributed by atoms with E-state index < -0.39 is 0 Å². The third kappa shape index (κ3) is 4.53. The van der Waals surface area contributed by atoms with Crippen LogP contribution in [0.15, 0.2) is 82.3 Å². The summed E-state index contributed by atoms with van der Waals surface area (Å²) >= 11 is 0. The second-order valence-corrected chi connectivity index (χ2v) is 10.6. The molecule has 1 aromatic heterocycles. The first-order chi connectivity index (χ1) is 19.5. The normalized spacial score (nSPS) is 20.6. The lowest BCUT2D eigenvalue weighted by Gasteiger charge is -2.34. The molecule has 2 aliphatic heterocycles. The summed E-state index contributed by atoms with van der Waals surface area (Å²) in [5, 5.41) is 8.59. The number of aliphatic imine (C=N–C) groups is 2. The number of allylic oxidation sites excluding steroid dienone is 3. The highest BCUT2D eigenvalue weighted by Crippen LogP contribution is 2.43. The second-order valence-electron chi connectivity index (χ2n) is 10.6. The van der Waals surface area contributed by atoms with E-state index in [1.54, 1.807) is 4.90 Å². The Morgan fingerprint density at radius 3 is 2.58 bits per heavy atom. The van der Waals surface area contributed by atoms with Crippen molar-refractivity contribution in [3.05, 3.63) is 89.0 Å². The van der Waals surface area contributed by atoms with Crippen molar-refractivity contribution in [1.82, 2.24) is 14.7 Å². The Bertz CT molecular complexity index is 1550. The van der Waals surface area contributed by atoms with Crippen LogP contribution in [0.3, 0.4) is 0 Å². The zero-order valence-corrected chi connectivity index (χ0v) is 23.5. The summed E-state index contributed by atoms with van der Waals surface area (Å²) in [6.07, 6.45) is 9.19. The molecule has 2 unspecified atom stereocenters. The number of nitrogens with zero attached hydrogens (tertiary/aromatic N) is 6. The van der Waals surface area contributed by atoms with Crippen LogP contribution in [0.25, 0.3) is 5.70 Å². The number of anilines is 3. The first kappa shape index (κ1) is 25.8. The third-order valence-corrected chi connectivity index (χ3v) is 8.01. The van der Waals surface area contributed by atoms with Gasteiger partial charge in [0.2, 0.25) is 5.96 Å². The Kier molecular flexibility index (Phi) is 6.84.